The van der Waals surface area contributed by atoms with E-state index in [-0.39, 0.29) is 0 Å². The first-order valence-corrected chi connectivity index (χ1v) is 12.4. The molecule has 0 aromatic heterocycles. The highest BCUT2D eigenvalue weighted by atomic mass is 14.5. The number of hydrogen-bond acceptors (Lipinski definition) is 0. The largest absolute Gasteiger partial charge is 0.0533 e. The van der Waals surface area contributed by atoms with Crippen LogP contribution in [-0.4, -0.2) is 0 Å². The molecule has 5 saturated carbocycles. The monoisotopic (exact) mass is 342 g/mol. The summed E-state index contributed by atoms with van der Waals surface area (Å²) in [5.41, 5.74) is 0. The Hall–Kier alpha value is 0. The van der Waals surface area contributed by atoms with Gasteiger partial charge in [0.05, 0.1) is 0 Å². The van der Waals surface area contributed by atoms with Gasteiger partial charge in [0.25, 0.3) is 0 Å². The van der Waals surface area contributed by atoms with Crippen LogP contribution in [0, 0.1) is 47.3 Å². The van der Waals surface area contributed by atoms with Gasteiger partial charge in [0.2, 0.25) is 0 Å². The van der Waals surface area contributed by atoms with Gasteiger partial charge in [0, 0.05) is 0 Å². The summed E-state index contributed by atoms with van der Waals surface area (Å²) in [6.45, 7) is 0. The summed E-state index contributed by atoms with van der Waals surface area (Å²) < 4.78 is 0. The maximum Gasteiger partial charge on any atom is -0.0380 e. The Morgan fingerprint density at radius 1 is 0.240 bits per heavy atom. The van der Waals surface area contributed by atoms with Crippen LogP contribution in [0.1, 0.15) is 109 Å². The fourth-order valence-electron chi connectivity index (χ4n) is 8.60. The van der Waals surface area contributed by atoms with Gasteiger partial charge in [-0.05, 0) is 85.9 Å². The average Bonchev–Trinajstić information content (AvgIpc) is 2.83. The van der Waals surface area contributed by atoms with Gasteiger partial charge in [-0.25, -0.2) is 0 Å². The highest BCUT2D eigenvalue weighted by Gasteiger charge is 2.46. The molecule has 5 aliphatic carbocycles. The van der Waals surface area contributed by atoms with Crippen LogP contribution in [0.4, 0.5) is 0 Å². The van der Waals surface area contributed by atoms with E-state index in [0.29, 0.717) is 0 Å². The molecule has 0 bridgehead atoms. The van der Waals surface area contributed by atoms with Crippen molar-refractivity contribution in [3.05, 3.63) is 0 Å². The number of fused-ring (bicyclic) bond motifs is 4. The molecule has 0 aliphatic heterocycles. The van der Waals surface area contributed by atoms with Crippen LogP contribution >= 0.6 is 0 Å². The standard InChI is InChI=1S/C25H42/c1-2-5-9-19-13-23-17-25-15-21-11-7-3-6-10-20(21)14-24(25)16-22(23)12-18(19)8-4-1/h18-25H,1-17H2. The van der Waals surface area contributed by atoms with Crippen molar-refractivity contribution >= 4 is 0 Å². The SMILES string of the molecule is C1CCCC2CC3CC4CC5CCCCCC5CC4CC3CC2CC1. The Labute approximate surface area is 156 Å². The molecule has 5 fully saturated rings. The van der Waals surface area contributed by atoms with Gasteiger partial charge < -0.3 is 0 Å². The molecule has 0 spiro atoms. The summed E-state index contributed by atoms with van der Waals surface area (Å²) in [4.78, 5) is 0. The minimum atomic E-state index is 1.13. The summed E-state index contributed by atoms with van der Waals surface area (Å²) in [5, 5.41) is 0. The Kier molecular flexibility index (Phi) is 5.17. The Bertz CT molecular complexity index is 399. The lowest BCUT2D eigenvalue weighted by Gasteiger charge is -2.53. The minimum absolute atomic E-state index is 1.13. The van der Waals surface area contributed by atoms with Crippen LogP contribution in [0.3, 0.4) is 0 Å². The summed E-state index contributed by atoms with van der Waals surface area (Å²) in [7, 11) is 0. The van der Waals surface area contributed by atoms with Crippen molar-refractivity contribution in [1.29, 1.82) is 0 Å². The lowest BCUT2D eigenvalue weighted by atomic mass is 9.53. The van der Waals surface area contributed by atoms with Crippen molar-refractivity contribution in [1.82, 2.24) is 0 Å². The van der Waals surface area contributed by atoms with Crippen molar-refractivity contribution in [2.75, 3.05) is 0 Å². The predicted molar refractivity (Wildman–Crippen MR) is 106 cm³/mol. The van der Waals surface area contributed by atoms with E-state index in [1.807, 2.05) is 0 Å². The van der Waals surface area contributed by atoms with E-state index < -0.39 is 0 Å². The van der Waals surface area contributed by atoms with E-state index in [2.05, 4.69) is 0 Å². The Balaban J connectivity index is 1.26. The maximum absolute atomic E-state index is 1.65. The summed E-state index contributed by atoms with van der Waals surface area (Å²) in [5.74, 6) is 9.11. The zero-order chi connectivity index (χ0) is 16.6. The van der Waals surface area contributed by atoms with Crippen molar-refractivity contribution < 1.29 is 0 Å². The third-order valence-electron chi connectivity index (χ3n) is 9.85. The molecule has 5 rings (SSSR count). The average molecular weight is 343 g/mol. The maximum atomic E-state index is 1.65. The van der Waals surface area contributed by atoms with Crippen LogP contribution < -0.4 is 0 Å². The smallest absolute Gasteiger partial charge is 0.0380 e. The summed E-state index contributed by atoms with van der Waals surface area (Å²) in [6, 6.07) is 0. The van der Waals surface area contributed by atoms with E-state index in [9.17, 15) is 0 Å². The molecule has 0 heteroatoms. The first kappa shape index (κ1) is 17.1. The zero-order valence-electron chi connectivity index (χ0n) is 16.6. The molecular formula is C25H42. The van der Waals surface area contributed by atoms with Crippen molar-refractivity contribution in [3.8, 4) is 0 Å². The van der Waals surface area contributed by atoms with Crippen molar-refractivity contribution in [3.63, 3.8) is 0 Å². The van der Waals surface area contributed by atoms with Gasteiger partial charge in [0.15, 0.2) is 0 Å². The van der Waals surface area contributed by atoms with Crippen LogP contribution in [0.15, 0.2) is 0 Å². The fourth-order valence-corrected chi connectivity index (χ4v) is 8.60. The molecule has 0 N–H and O–H groups in total. The molecule has 0 aromatic carbocycles. The highest BCUT2D eigenvalue weighted by Crippen LogP contribution is 2.57. The minimum Gasteiger partial charge on any atom is -0.0533 e. The topological polar surface area (TPSA) is 0 Å². The van der Waals surface area contributed by atoms with Gasteiger partial charge in [0.1, 0.15) is 0 Å². The molecule has 5 aliphatic rings. The summed E-state index contributed by atoms with van der Waals surface area (Å²) >= 11 is 0. The van der Waals surface area contributed by atoms with E-state index in [1.165, 1.54) is 19.3 Å². The Morgan fingerprint density at radius 3 is 0.800 bits per heavy atom. The molecule has 0 radical (unpaired) electrons. The van der Waals surface area contributed by atoms with Crippen LogP contribution in [0.25, 0.3) is 0 Å². The number of rotatable bonds is 0. The summed E-state index contributed by atoms with van der Waals surface area (Å²) in [6.07, 6.45) is 27.1. The van der Waals surface area contributed by atoms with E-state index in [4.69, 9.17) is 0 Å². The lowest BCUT2D eigenvalue weighted by Crippen LogP contribution is -2.43. The normalized spacial score (nSPS) is 50.9. The second kappa shape index (κ2) is 7.55. The van der Waals surface area contributed by atoms with E-state index in [1.54, 1.807) is 89.9 Å². The second-order valence-electron chi connectivity index (χ2n) is 11.1. The van der Waals surface area contributed by atoms with Gasteiger partial charge in [-0.3, -0.25) is 0 Å². The molecule has 0 amide bonds. The lowest BCUT2D eigenvalue weighted by molar-refractivity contribution is -0.0235. The van der Waals surface area contributed by atoms with Crippen LogP contribution in [0.2, 0.25) is 0 Å². The fraction of sp³-hybridized carbons (Fsp3) is 1.00. The van der Waals surface area contributed by atoms with Gasteiger partial charge in [-0.2, -0.15) is 0 Å². The quantitative estimate of drug-likeness (QED) is 0.425. The predicted octanol–water partition coefficient (Wildman–Crippen LogP) is 7.62. The van der Waals surface area contributed by atoms with Crippen molar-refractivity contribution in [2.24, 2.45) is 47.3 Å². The van der Waals surface area contributed by atoms with E-state index >= 15 is 0 Å². The molecule has 0 nitrogen and oxygen atoms in total. The molecule has 142 valence electrons. The van der Waals surface area contributed by atoms with Crippen molar-refractivity contribution in [2.45, 2.75) is 109 Å². The third-order valence-corrected chi connectivity index (χ3v) is 9.85. The second-order valence-corrected chi connectivity index (χ2v) is 11.1. The molecule has 8 atom stereocenters. The van der Waals surface area contributed by atoms with E-state index in [0.717, 1.165) is 47.3 Å². The molecule has 0 heterocycles. The number of hydrogen-bond donors (Lipinski definition) is 0. The highest BCUT2D eigenvalue weighted by molar-refractivity contribution is 4.97. The molecule has 0 aromatic rings. The third kappa shape index (κ3) is 3.58. The molecular weight excluding hydrogens is 300 g/mol. The van der Waals surface area contributed by atoms with Gasteiger partial charge in [-0.1, -0.05) is 70.6 Å². The first-order valence-electron chi connectivity index (χ1n) is 12.4. The van der Waals surface area contributed by atoms with Gasteiger partial charge >= 0.3 is 0 Å². The molecule has 25 heavy (non-hydrogen) atoms. The molecule has 0 saturated heterocycles. The van der Waals surface area contributed by atoms with Crippen LogP contribution in [0.5, 0.6) is 0 Å². The first-order chi connectivity index (χ1) is 12.4. The van der Waals surface area contributed by atoms with Gasteiger partial charge in [-0.15, -0.1) is 0 Å². The Morgan fingerprint density at radius 2 is 0.480 bits per heavy atom. The molecule has 8 unspecified atom stereocenters. The van der Waals surface area contributed by atoms with Crippen LogP contribution in [-0.2, 0) is 0 Å². The zero-order valence-corrected chi connectivity index (χ0v) is 16.6.